The highest BCUT2D eigenvalue weighted by atomic mass is 16.5. The molecule has 30 heavy (non-hydrogen) atoms. The molecule has 0 bridgehead atoms. The number of ketones is 1. The summed E-state index contributed by atoms with van der Waals surface area (Å²) in [6.45, 7) is 2.59. The van der Waals surface area contributed by atoms with Gasteiger partial charge in [-0.2, -0.15) is 4.68 Å². The third-order valence-electron chi connectivity index (χ3n) is 4.03. The second-order valence-corrected chi connectivity index (χ2v) is 6.34. The van der Waals surface area contributed by atoms with Gasteiger partial charge < -0.3 is 10.1 Å². The zero-order valence-electron chi connectivity index (χ0n) is 16.4. The molecule has 9 heteroatoms. The number of benzene rings is 2. The van der Waals surface area contributed by atoms with E-state index in [9.17, 15) is 14.4 Å². The minimum absolute atomic E-state index is 0.0810. The Balaban J connectivity index is 1.73. The van der Waals surface area contributed by atoms with Crippen molar-refractivity contribution in [1.82, 2.24) is 20.2 Å². The van der Waals surface area contributed by atoms with E-state index in [1.807, 2.05) is 30.3 Å². The Kier molecular flexibility index (Phi) is 6.43. The molecule has 0 fully saturated rings. The van der Waals surface area contributed by atoms with Crippen LogP contribution in [-0.2, 0) is 14.3 Å². The van der Waals surface area contributed by atoms with Gasteiger partial charge in [-0.1, -0.05) is 30.3 Å². The lowest BCUT2D eigenvalue weighted by molar-refractivity contribution is -0.136. The molecule has 0 atom stereocenters. The lowest BCUT2D eigenvalue weighted by Crippen LogP contribution is -2.19. The number of hydrogen-bond donors (Lipinski definition) is 1. The smallest absolute Gasteiger partial charge is 0.357 e. The molecule has 0 saturated heterocycles. The fourth-order valence-corrected chi connectivity index (χ4v) is 2.60. The molecular weight excluding hydrogens is 386 g/mol. The summed E-state index contributed by atoms with van der Waals surface area (Å²) < 4.78 is 6.48. The van der Waals surface area contributed by atoms with Gasteiger partial charge in [-0.05, 0) is 53.3 Å². The standard InChI is InChI=1S/C21H19N5O4/c1-14-23-24-25-26(14)19(12-16-6-4-3-5-7-16)21(29)30-13-20(28)17-8-10-18(11-9-17)22-15(2)27/h3-12H,13H2,1-2H3,(H,22,27)/b19-12-. The monoisotopic (exact) mass is 405 g/mol. The minimum Gasteiger partial charge on any atom is -0.453 e. The Hall–Kier alpha value is -4.14. The lowest BCUT2D eigenvalue weighted by Gasteiger charge is -2.09. The van der Waals surface area contributed by atoms with Crippen LogP contribution in [0.15, 0.2) is 54.6 Å². The van der Waals surface area contributed by atoms with Crippen molar-refractivity contribution in [3.05, 3.63) is 71.5 Å². The molecule has 1 amide bonds. The molecule has 1 aromatic heterocycles. The van der Waals surface area contributed by atoms with Gasteiger partial charge in [-0.15, -0.1) is 5.10 Å². The number of rotatable bonds is 7. The van der Waals surface area contributed by atoms with Gasteiger partial charge in [-0.25, -0.2) is 4.79 Å². The fourth-order valence-electron chi connectivity index (χ4n) is 2.60. The van der Waals surface area contributed by atoms with Crippen LogP contribution in [0, 0.1) is 6.92 Å². The molecule has 0 aliphatic rings. The first-order chi connectivity index (χ1) is 14.4. The second kappa shape index (κ2) is 9.37. The van der Waals surface area contributed by atoms with Crippen molar-refractivity contribution >= 4 is 35.1 Å². The van der Waals surface area contributed by atoms with E-state index in [1.54, 1.807) is 37.3 Å². The Labute approximate surface area is 172 Å². The molecular formula is C21H19N5O4. The van der Waals surface area contributed by atoms with E-state index in [0.717, 1.165) is 5.56 Å². The number of Topliss-reactive ketones (excluding diaryl/α,β-unsaturated/α-hetero) is 1. The first-order valence-electron chi connectivity index (χ1n) is 9.04. The summed E-state index contributed by atoms with van der Waals surface area (Å²) in [6.07, 6.45) is 1.58. The lowest BCUT2D eigenvalue weighted by atomic mass is 10.1. The first-order valence-corrected chi connectivity index (χ1v) is 9.04. The van der Waals surface area contributed by atoms with Crippen LogP contribution in [0.3, 0.4) is 0 Å². The maximum absolute atomic E-state index is 12.7. The zero-order valence-corrected chi connectivity index (χ0v) is 16.4. The summed E-state index contributed by atoms with van der Waals surface area (Å²) in [7, 11) is 0. The number of anilines is 1. The number of tetrazole rings is 1. The summed E-state index contributed by atoms with van der Waals surface area (Å²) >= 11 is 0. The molecule has 1 heterocycles. The molecule has 0 aliphatic heterocycles. The first kappa shape index (κ1) is 20.6. The predicted octanol–water partition coefficient (Wildman–Crippen LogP) is 2.36. The Morgan fingerprint density at radius 2 is 1.77 bits per heavy atom. The normalized spacial score (nSPS) is 11.1. The summed E-state index contributed by atoms with van der Waals surface area (Å²) in [5, 5.41) is 13.8. The van der Waals surface area contributed by atoms with E-state index in [1.165, 1.54) is 11.6 Å². The molecule has 3 rings (SSSR count). The van der Waals surface area contributed by atoms with Crippen LogP contribution in [0.25, 0.3) is 11.8 Å². The number of ether oxygens (including phenoxy) is 1. The van der Waals surface area contributed by atoms with E-state index in [-0.39, 0.29) is 17.4 Å². The third-order valence-corrected chi connectivity index (χ3v) is 4.03. The highest BCUT2D eigenvalue weighted by Gasteiger charge is 2.19. The van der Waals surface area contributed by atoms with Gasteiger partial charge in [0, 0.05) is 18.2 Å². The highest BCUT2D eigenvalue weighted by molar-refractivity contribution is 6.16. The number of amides is 1. The number of aryl methyl sites for hydroxylation is 1. The number of nitrogens with one attached hydrogen (secondary N) is 1. The Morgan fingerprint density at radius 1 is 1.07 bits per heavy atom. The minimum atomic E-state index is -0.738. The summed E-state index contributed by atoms with van der Waals surface area (Å²) in [4.78, 5) is 36.2. The molecule has 2 aromatic carbocycles. The van der Waals surface area contributed by atoms with Crippen molar-refractivity contribution < 1.29 is 19.1 Å². The highest BCUT2D eigenvalue weighted by Crippen LogP contribution is 2.15. The number of nitrogens with zero attached hydrogens (tertiary/aromatic N) is 4. The number of hydrogen-bond acceptors (Lipinski definition) is 7. The largest absolute Gasteiger partial charge is 0.453 e. The SMILES string of the molecule is CC(=O)Nc1ccc(C(=O)COC(=O)/C(=C/c2ccccc2)n2nnnc2C)cc1. The number of aromatic nitrogens is 4. The van der Waals surface area contributed by atoms with E-state index in [4.69, 9.17) is 4.74 Å². The van der Waals surface area contributed by atoms with Gasteiger partial charge >= 0.3 is 5.97 Å². The van der Waals surface area contributed by atoms with Crippen LogP contribution in [0.4, 0.5) is 5.69 Å². The molecule has 0 unspecified atom stereocenters. The van der Waals surface area contributed by atoms with Crippen LogP contribution < -0.4 is 5.32 Å². The van der Waals surface area contributed by atoms with E-state index >= 15 is 0 Å². The quantitative estimate of drug-likeness (QED) is 0.364. The van der Waals surface area contributed by atoms with Crippen LogP contribution in [0.1, 0.15) is 28.7 Å². The van der Waals surface area contributed by atoms with Crippen molar-refractivity contribution in [2.45, 2.75) is 13.8 Å². The average Bonchev–Trinajstić information content (AvgIpc) is 3.16. The van der Waals surface area contributed by atoms with E-state index < -0.39 is 12.6 Å². The second-order valence-electron chi connectivity index (χ2n) is 6.34. The van der Waals surface area contributed by atoms with Crippen LogP contribution in [-0.4, -0.2) is 44.5 Å². The summed E-state index contributed by atoms with van der Waals surface area (Å²) in [6, 6.07) is 15.4. The Morgan fingerprint density at radius 3 is 2.37 bits per heavy atom. The molecule has 9 nitrogen and oxygen atoms in total. The van der Waals surface area contributed by atoms with Crippen LogP contribution >= 0.6 is 0 Å². The van der Waals surface area contributed by atoms with Crippen molar-refractivity contribution in [3.8, 4) is 0 Å². The van der Waals surface area contributed by atoms with Gasteiger partial charge in [0.2, 0.25) is 5.91 Å². The molecule has 0 saturated carbocycles. The van der Waals surface area contributed by atoms with Gasteiger partial charge in [0.15, 0.2) is 23.9 Å². The summed E-state index contributed by atoms with van der Waals surface area (Å²) in [5.41, 5.74) is 1.75. The van der Waals surface area contributed by atoms with E-state index in [2.05, 4.69) is 20.8 Å². The number of carbonyl (C=O) groups excluding carboxylic acids is 3. The summed E-state index contributed by atoms with van der Waals surface area (Å²) in [5.74, 6) is -0.935. The topological polar surface area (TPSA) is 116 Å². The van der Waals surface area contributed by atoms with Crippen LogP contribution in [0.2, 0.25) is 0 Å². The van der Waals surface area contributed by atoms with Crippen molar-refractivity contribution in [3.63, 3.8) is 0 Å². The third kappa shape index (κ3) is 5.22. The maximum atomic E-state index is 12.7. The van der Waals surface area contributed by atoms with Gasteiger partial charge in [-0.3, -0.25) is 9.59 Å². The molecule has 0 aliphatic carbocycles. The number of esters is 1. The molecule has 0 spiro atoms. The maximum Gasteiger partial charge on any atom is 0.357 e. The van der Waals surface area contributed by atoms with Crippen LogP contribution in [0.5, 0.6) is 0 Å². The van der Waals surface area contributed by atoms with Gasteiger partial charge in [0.1, 0.15) is 0 Å². The predicted molar refractivity (Wildman–Crippen MR) is 109 cm³/mol. The molecule has 1 N–H and O–H groups in total. The van der Waals surface area contributed by atoms with E-state index in [0.29, 0.717) is 17.1 Å². The zero-order chi connectivity index (χ0) is 21.5. The van der Waals surface area contributed by atoms with Gasteiger partial charge in [0.25, 0.3) is 0 Å². The van der Waals surface area contributed by atoms with Gasteiger partial charge in [0.05, 0.1) is 0 Å². The molecule has 3 aromatic rings. The average molecular weight is 405 g/mol. The fraction of sp³-hybridized carbons (Fsp3) is 0.143. The van der Waals surface area contributed by atoms with Crippen molar-refractivity contribution in [1.29, 1.82) is 0 Å². The van der Waals surface area contributed by atoms with Crippen molar-refractivity contribution in [2.75, 3.05) is 11.9 Å². The number of carbonyl (C=O) groups is 3. The molecule has 152 valence electrons. The van der Waals surface area contributed by atoms with Crippen molar-refractivity contribution in [2.24, 2.45) is 0 Å². The Bertz CT molecular complexity index is 1090. The molecule has 0 radical (unpaired) electrons.